The fourth-order valence-corrected chi connectivity index (χ4v) is 2.39. The van der Waals surface area contributed by atoms with Gasteiger partial charge in [-0.2, -0.15) is 0 Å². The van der Waals surface area contributed by atoms with E-state index in [1.54, 1.807) is 30.5 Å². The Kier molecular flexibility index (Phi) is 5.49. The Balaban J connectivity index is 1.67. The lowest BCUT2D eigenvalue weighted by atomic mass is 10.2. The normalized spacial score (nSPS) is 10.8. The molecule has 2 aromatic carbocycles. The highest BCUT2D eigenvalue weighted by atomic mass is 35.5. The highest BCUT2D eigenvalue weighted by Crippen LogP contribution is 2.23. The van der Waals surface area contributed by atoms with Crippen molar-refractivity contribution in [1.82, 2.24) is 4.98 Å². The Morgan fingerprint density at radius 2 is 1.72 bits per heavy atom. The molecular formula is C20H13Cl2NO2. The van der Waals surface area contributed by atoms with Gasteiger partial charge in [0.2, 0.25) is 0 Å². The number of ether oxygens (including phenoxy) is 1. The summed E-state index contributed by atoms with van der Waals surface area (Å²) in [5, 5.41) is 0.702. The van der Waals surface area contributed by atoms with Crippen LogP contribution >= 0.6 is 23.2 Å². The van der Waals surface area contributed by atoms with Crippen LogP contribution in [0.3, 0.4) is 0 Å². The van der Waals surface area contributed by atoms with Crippen molar-refractivity contribution in [3.05, 3.63) is 93.7 Å². The fourth-order valence-electron chi connectivity index (χ4n) is 2.09. The summed E-state index contributed by atoms with van der Waals surface area (Å²) in [6.07, 6.45) is 5.59. The zero-order valence-electron chi connectivity index (χ0n) is 13.0. The van der Waals surface area contributed by atoms with Crippen molar-refractivity contribution < 1.29 is 9.53 Å². The molecule has 0 saturated carbocycles. The third kappa shape index (κ3) is 4.69. The van der Waals surface area contributed by atoms with Crippen LogP contribution in [-0.4, -0.2) is 11.0 Å². The molecule has 3 rings (SSSR count). The van der Waals surface area contributed by atoms with Gasteiger partial charge in [-0.3, -0.25) is 4.98 Å². The van der Waals surface area contributed by atoms with E-state index in [4.69, 9.17) is 27.9 Å². The molecule has 0 spiro atoms. The number of rotatable bonds is 4. The number of aromatic nitrogens is 1. The molecule has 1 aromatic heterocycles. The average Bonchev–Trinajstić information content (AvgIpc) is 2.64. The second-order valence-corrected chi connectivity index (χ2v) is 5.99. The van der Waals surface area contributed by atoms with Crippen molar-refractivity contribution in [2.45, 2.75) is 0 Å². The summed E-state index contributed by atoms with van der Waals surface area (Å²) in [7, 11) is 0. The van der Waals surface area contributed by atoms with Gasteiger partial charge in [-0.15, -0.1) is 0 Å². The monoisotopic (exact) mass is 369 g/mol. The number of carbonyl (C=O) groups is 1. The van der Waals surface area contributed by atoms with Gasteiger partial charge in [-0.1, -0.05) is 47.5 Å². The van der Waals surface area contributed by atoms with E-state index in [9.17, 15) is 4.79 Å². The molecule has 0 aliphatic carbocycles. The van der Waals surface area contributed by atoms with Crippen LogP contribution in [0.2, 0.25) is 10.0 Å². The topological polar surface area (TPSA) is 39.2 Å². The standard InChI is InChI=1S/C20H13Cl2NO2/c21-18-11-7-15(13-19(18)22)20(24)25-17-9-5-14(6-10-17)4-8-16-3-1-2-12-23-16/h1-13H/b8-4+. The lowest BCUT2D eigenvalue weighted by Crippen LogP contribution is -2.08. The molecule has 3 nitrogen and oxygen atoms in total. The average molecular weight is 370 g/mol. The molecule has 0 N–H and O–H groups in total. The van der Waals surface area contributed by atoms with E-state index in [0.717, 1.165) is 11.3 Å². The zero-order valence-corrected chi connectivity index (χ0v) is 14.5. The van der Waals surface area contributed by atoms with Crippen molar-refractivity contribution in [3.63, 3.8) is 0 Å². The van der Waals surface area contributed by atoms with Crippen molar-refractivity contribution >= 4 is 41.3 Å². The first-order chi connectivity index (χ1) is 12.1. The molecule has 0 bridgehead atoms. The predicted molar refractivity (Wildman–Crippen MR) is 101 cm³/mol. The van der Waals surface area contributed by atoms with E-state index in [0.29, 0.717) is 21.4 Å². The second-order valence-electron chi connectivity index (χ2n) is 5.18. The number of halogens is 2. The van der Waals surface area contributed by atoms with Gasteiger partial charge >= 0.3 is 5.97 Å². The molecule has 3 aromatic rings. The summed E-state index contributed by atoms with van der Waals surface area (Å²) < 4.78 is 5.34. The third-order valence-electron chi connectivity index (χ3n) is 3.38. The van der Waals surface area contributed by atoms with Gasteiger partial charge in [0.25, 0.3) is 0 Å². The molecule has 124 valence electrons. The maximum Gasteiger partial charge on any atom is 0.343 e. The van der Waals surface area contributed by atoms with Crippen LogP contribution in [-0.2, 0) is 0 Å². The Labute approximate surface area is 155 Å². The van der Waals surface area contributed by atoms with Gasteiger partial charge in [0.1, 0.15) is 5.75 Å². The van der Waals surface area contributed by atoms with Gasteiger partial charge in [-0.05, 0) is 54.1 Å². The highest BCUT2D eigenvalue weighted by molar-refractivity contribution is 6.42. The summed E-state index contributed by atoms with van der Waals surface area (Å²) in [5.41, 5.74) is 2.19. The fraction of sp³-hybridized carbons (Fsp3) is 0. The number of pyridine rings is 1. The Morgan fingerprint density at radius 3 is 2.40 bits per heavy atom. The molecule has 0 atom stereocenters. The van der Waals surface area contributed by atoms with Gasteiger partial charge < -0.3 is 4.74 Å². The molecule has 0 fully saturated rings. The third-order valence-corrected chi connectivity index (χ3v) is 4.12. The Bertz CT molecular complexity index is 907. The van der Waals surface area contributed by atoms with Crippen LogP contribution < -0.4 is 4.74 Å². The minimum absolute atomic E-state index is 0.311. The van der Waals surface area contributed by atoms with Gasteiger partial charge in [0.15, 0.2) is 0 Å². The van der Waals surface area contributed by atoms with Gasteiger partial charge in [0, 0.05) is 6.20 Å². The lowest BCUT2D eigenvalue weighted by molar-refractivity contribution is 0.0735. The van der Waals surface area contributed by atoms with E-state index in [1.807, 2.05) is 42.5 Å². The molecule has 1 heterocycles. The minimum atomic E-state index is -0.490. The van der Waals surface area contributed by atoms with E-state index >= 15 is 0 Å². The predicted octanol–water partition coefficient (Wildman–Crippen LogP) is 5.78. The van der Waals surface area contributed by atoms with Gasteiger partial charge in [0.05, 0.1) is 21.3 Å². The molecule has 0 unspecified atom stereocenters. The van der Waals surface area contributed by atoms with E-state index < -0.39 is 5.97 Å². The van der Waals surface area contributed by atoms with Crippen LogP contribution in [0.1, 0.15) is 21.6 Å². The molecule has 0 aliphatic rings. The summed E-state index contributed by atoms with van der Waals surface area (Å²) >= 11 is 11.8. The van der Waals surface area contributed by atoms with E-state index in [2.05, 4.69) is 4.98 Å². The van der Waals surface area contributed by atoms with Gasteiger partial charge in [-0.25, -0.2) is 4.79 Å². The summed E-state index contributed by atoms with van der Waals surface area (Å²) in [6.45, 7) is 0. The van der Waals surface area contributed by atoms with E-state index in [1.165, 1.54) is 6.07 Å². The summed E-state index contributed by atoms with van der Waals surface area (Å²) in [4.78, 5) is 16.3. The smallest absolute Gasteiger partial charge is 0.343 e. The first-order valence-electron chi connectivity index (χ1n) is 7.48. The number of nitrogens with zero attached hydrogens (tertiary/aromatic N) is 1. The zero-order chi connectivity index (χ0) is 17.6. The maximum atomic E-state index is 12.1. The number of hydrogen-bond acceptors (Lipinski definition) is 3. The van der Waals surface area contributed by atoms with Crippen LogP contribution in [0.4, 0.5) is 0 Å². The Morgan fingerprint density at radius 1 is 0.920 bits per heavy atom. The number of benzene rings is 2. The Hall–Kier alpha value is -2.62. The van der Waals surface area contributed by atoms with Crippen LogP contribution in [0, 0.1) is 0 Å². The summed E-state index contributed by atoms with van der Waals surface area (Å²) in [6, 6.07) is 17.5. The largest absolute Gasteiger partial charge is 0.423 e. The lowest BCUT2D eigenvalue weighted by Gasteiger charge is -2.05. The van der Waals surface area contributed by atoms with Crippen LogP contribution in [0.15, 0.2) is 66.9 Å². The molecule has 0 amide bonds. The molecule has 25 heavy (non-hydrogen) atoms. The number of carbonyl (C=O) groups excluding carboxylic acids is 1. The summed E-state index contributed by atoms with van der Waals surface area (Å²) in [5.74, 6) is -0.0404. The quantitative estimate of drug-likeness (QED) is 0.432. The minimum Gasteiger partial charge on any atom is -0.423 e. The molecule has 5 heteroatoms. The SMILES string of the molecule is O=C(Oc1ccc(/C=C/c2ccccn2)cc1)c1ccc(Cl)c(Cl)c1. The van der Waals surface area contributed by atoms with Crippen molar-refractivity contribution in [2.75, 3.05) is 0 Å². The molecular weight excluding hydrogens is 357 g/mol. The molecule has 0 aliphatic heterocycles. The van der Waals surface area contributed by atoms with Crippen molar-refractivity contribution in [1.29, 1.82) is 0 Å². The highest BCUT2D eigenvalue weighted by Gasteiger charge is 2.10. The molecule has 0 radical (unpaired) electrons. The first kappa shape index (κ1) is 17.2. The second kappa shape index (κ2) is 7.97. The van der Waals surface area contributed by atoms with Crippen molar-refractivity contribution in [2.24, 2.45) is 0 Å². The van der Waals surface area contributed by atoms with Crippen molar-refractivity contribution in [3.8, 4) is 5.75 Å². The number of hydrogen-bond donors (Lipinski definition) is 0. The van der Waals surface area contributed by atoms with Crippen LogP contribution in [0.5, 0.6) is 5.75 Å². The van der Waals surface area contributed by atoms with E-state index in [-0.39, 0.29) is 0 Å². The maximum absolute atomic E-state index is 12.1. The van der Waals surface area contributed by atoms with Crippen LogP contribution in [0.25, 0.3) is 12.2 Å². The number of esters is 1. The molecule has 0 saturated heterocycles. The first-order valence-corrected chi connectivity index (χ1v) is 8.24.